The standard InChI is InChI=1S/C14H17ClN4OS/c1-19(2)12(10-5-3-4-6-11(10)15)9-17-13(20)18-14-16-7-8-21-14/h3-8,12H,9H2,1-2H3,(H2,16,17,18,20). The highest BCUT2D eigenvalue weighted by molar-refractivity contribution is 7.13. The van der Waals surface area contributed by atoms with E-state index in [1.54, 1.807) is 6.20 Å². The van der Waals surface area contributed by atoms with Crippen LogP contribution in [0.1, 0.15) is 11.6 Å². The van der Waals surface area contributed by atoms with Crippen LogP contribution in [0.25, 0.3) is 0 Å². The summed E-state index contributed by atoms with van der Waals surface area (Å²) < 4.78 is 0. The van der Waals surface area contributed by atoms with Crippen LogP contribution in [-0.4, -0.2) is 36.6 Å². The van der Waals surface area contributed by atoms with Crippen LogP contribution < -0.4 is 10.6 Å². The molecule has 0 saturated heterocycles. The number of amides is 2. The van der Waals surface area contributed by atoms with Crippen LogP contribution >= 0.6 is 22.9 Å². The molecule has 1 aromatic heterocycles. The van der Waals surface area contributed by atoms with E-state index in [1.807, 2.05) is 48.6 Å². The molecular formula is C14H17ClN4OS. The third-order valence-electron chi connectivity index (χ3n) is 3.00. The number of likely N-dealkylation sites (N-methyl/N-ethyl adjacent to an activating group) is 1. The van der Waals surface area contributed by atoms with Crippen LogP contribution in [0.2, 0.25) is 5.02 Å². The van der Waals surface area contributed by atoms with E-state index in [4.69, 9.17) is 11.6 Å². The summed E-state index contributed by atoms with van der Waals surface area (Å²) in [7, 11) is 3.91. The number of aromatic nitrogens is 1. The van der Waals surface area contributed by atoms with Gasteiger partial charge < -0.3 is 10.2 Å². The zero-order valence-electron chi connectivity index (χ0n) is 11.8. The topological polar surface area (TPSA) is 57.3 Å². The van der Waals surface area contributed by atoms with E-state index in [0.29, 0.717) is 16.7 Å². The quantitative estimate of drug-likeness (QED) is 0.888. The first-order valence-corrected chi connectivity index (χ1v) is 7.69. The molecule has 0 aliphatic heterocycles. The summed E-state index contributed by atoms with van der Waals surface area (Å²) >= 11 is 7.61. The number of hydrogen-bond acceptors (Lipinski definition) is 4. The Hall–Kier alpha value is -1.63. The van der Waals surface area contributed by atoms with Gasteiger partial charge in [-0.05, 0) is 25.7 Å². The maximum atomic E-state index is 11.8. The second-order valence-electron chi connectivity index (χ2n) is 4.67. The van der Waals surface area contributed by atoms with Crippen LogP contribution in [-0.2, 0) is 0 Å². The number of urea groups is 1. The first kappa shape index (κ1) is 15.8. The van der Waals surface area contributed by atoms with Crippen LogP contribution in [0.3, 0.4) is 0 Å². The fraction of sp³-hybridized carbons (Fsp3) is 0.286. The first-order chi connectivity index (χ1) is 10.1. The fourth-order valence-corrected chi connectivity index (χ4v) is 2.72. The lowest BCUT2D eigenvalue weighted by Crippen LogP contribution is -2.37. The Morgan fingerprint density at radius 3 is 2.81 bits per heavy atom. The van der Waals surface area contributed by atoms with Crippen LogP contribution in [0.15, 0.2) is 35.8 Å². The van der Waals surface area contributed by atoms with Crippen molar-refractivity contribution in [2.75, 3.05) is 26.0 Å². The number of thiazole rings is 1. The van der Waals surface area contributed by atoms with E-state index >= 15 is 0 Å². The molecule has 1 unspecified atom stereocenters. The Labute approximate surface area is 132 Å². The van der Waals surface area contributed by atoms with Crippen molar-refractivity contribution < 1.29 is 4.79 Å². The molecule has 0 spiro atoms. The van der Waals surface area contributed by atoms with Gasteiger partial charge >= 0.3 is 6.03 Å². The number of nitrogens with zero attached hydrogens (tertiary/aromatic N) is 2. The zero-order chi connectivity index (χ0) is 15.2. The third kappa shape index (κ3) is 4.42. The van der Waals surface area contributed by atoms with E-state index in [9.17, 15) is 4.79 Å². The SMILES string of the molecule is CN(C)C(CNC(=O)Nc1nccs1)c1ccccc1Cl. The summed E-state index contributed by atoms with van der Waals surface area (Å²) in [5, 5.41) is 8.61. The van der Waals surface area contributed by atoms with Gasteiger partial charge in [0.25, 0.3) is 0 Å². The minimum atomic E-state index is -0.274. The highest BCUT2D eigenvalue weighted by atomic mass is 35.5. The van der Waals surface area contributed by atoms with Crippen LogP contribution in [0.5, 0.6) is 0 Å². The molecule has 21 heavy (non-hydrogen) atoms. The molecule has 0 aliphatic rings. The third-order valence-corrected chi connectivity index (χ3v) is 4.03. The molecule has 2 rings (SSSR count). The van der Waals surface area contributed by atoms with Gasteiger partial charge in [0.2, 0.25) is 0 Å². The highest BCUT2D eigenvalue weighted by Gasteiger charge is 2.17. The summed E-state index contributed by atoms with van der Waals surface area (Å²) in [5.74, 6) is 0. The summed E-state index contributed by atoms with van der Waals surface area (Å²) in [6, 6.07) is 7.37. The van der Waals surface area contributed by atoms with E-state index in [2.05, 4.69) is 15.6 Å². The van der Waals surface area contributed by atoms with Gasteiger partial charge in [-0.25, -0.2) is 9.78 Å². The van der Waals surface area contributed by atoms with Gasteiger partial charge in [-0.1, -0.05) is 29.8 Å². The molecule has 2 aromatic rings. The predicted octanol–water partition coefficient (Wildman–Crippen LogP) is 3.22. The molecule has 0 saturated carbocycles. The number of halogens is 1. The summed E-state index contributed by atoms with van der Waals surface area (Å²) in [5.41, 5.74) is 0.985. The molecule has 0 bridgehead atoms. The average molecular weight is 325 g/mol. The average Bonchev–Trinajstić information content (AvgIpc) is 2.93. The number of rotatable bonds is 5. The van der Waals surface area contributed by atoms with Gasteiger partial charge in [0.05, 0.1) is 6.04 Å². The molecule has 7 heteroatoms. The molecule has 1 atom stereocenters. The van der Waals surface area contributed by atoms with Crippen molar-refractivity contribution in [3.63, 3.8) is 0 Å². The smallest absolute Gasteiger partial charge is 0.321 e. The molecule has 2 N–H and O–H groups in total. The van der Waals surface area contributed by atoms with E-state index in [-0.39, 0.29) is 12.1 Å². The van der Waals surface area contributed by atoms with E-state index in [1.165, 1.54) is 11.3 Å². The van der Waals surface area contributed by atoms with Crippen LogP contribution in [0, 0.1) is 0 Å². The van der Waals surface area contributed by atoms with Crippen LogP contribution in [0.4, 0.5) is 9.93 Å². The van der Waals surface area contributed by atoms with E-state index in [0.717, 1.165) is 5.56 Å². The Bertz CT molecular complexity index is 588. The fourth-order valence-electron chi connectivity index (χ4n) is 1.93. The molecule has 0 fully saturated rings. The van der Waals surface area contributed by atoms with Crippen molar-refractivity contribution >= 4 is 34.1 Å². The maximum absolute atomic E-state index is 11.8. The summed E-state index contributed by atoms with van der Waals surface area (Å²) in [6.07, 6.45) is 1.65. The molecule has 2 amide bonds. The van der Waals surface area contributed by atoms with Gasteiger partial charge in [0.1, 0.15) is 0 Å². The molecule has 1 aromatic carbocycles. The summed E-state index contributed by atoms with van der Waals surface area (Å²) in [4.78, 5) is 17.9. The monoisotopic (exact) mass is 324 g/mol. The number of carbonyl (C=O) groups is 1. The number of benzene rings is 1. The second-order valence-corrected chi connectivity index (χ2v) is 5.97. The lowest BCUT2D eigenvalue weighted by Gasteiger charge is -2.25. The normalized spacial score (nSPS) is 12.2. The van der Waals surface area contributed by atoms with Gasteiger partial charge in [-0.15, -0.1) is 11.3 Å². The Kier molecular flexibility index (Phi) is 5.55. The molecule has 0 aliphatic carbocycles. The molecule has 5 nitrogen and oxygen atoms in total. The number of nitrogens with one attached hydrogen (secondary N) is 2. The Morgan fingerprint density at radius 2 is 2.19 bits per heavy atom. The first-order valence-electron chi connectivity index (χ1n) is 6.43. The zero-order valence-corrected chi connectivity index (χ0v) is 13.4. The highest BCUT2D eigenvalue weighted by Crippen LogP contribution is 2.25. The largest absolute Gasteiger partial charge is 0.336 e. The van der Waals surface area contributed by atoms with Gasteiger partial charge in [-0.2, -0.15) is 0 Å². The van der Waals surface area contributed by atoms with Crippen molar-refractivity contribution in [3.8, 4) is 0 Å². The minimum absolute atomic E-state index is 0.000690. The number of carbonyl (C=O) groups excluding carboxylic acids is 1. The van der Waals surface area contributed by atoms with E-state index < -0.39 is 0 Å². The Balaban J connectivity index is 1.98. The second kappa shape index (κ2) is 7.40. The lowest BCUT2D eigenvalue weighted by molar-refractivity contribution is 0.243. The minimum Gasteiger partial charge on any atom is -0.336 e. The number of hydrogen-bond donors (Lipinski definition) is 2. The van der Waals surface area contributed by atoms with Crippen molar-refractivity contribution in [1.82, 2.24) is 15.2 Å². The molecule has 112 valence electrons. The van der Waals surface area contributed by atoms with Gasteiger partial charge in [0.15, 0.2) is 5.13 Å². The van der Waals surface area contributed by atoms with Crippen molar-refractivity contribution in [3.05, 3.63) is 46.4 Å². The Morgan fingerprint density at radius 1 is 1.43 bits per heavy atom. The van der Waals surface area contributed by atoms with Crippen molar-refractivity contribution in [1.29, 1.82) is 0 Å². The van der Waals surface area contributed by atoms with Gasteiger partial charge in [-0.3, -0.25) is 5.32 Å². The molecule has 0 radical (unpaired) electrons. The van der Waals surface area contributed by atoms with Crippen molar-refractivity contribution in [2.45, 2.75) is 6.04 Å². The lowest BCUT2D eigenvalue weighted by atomic mass is 10.1. The molecule has 1 heterocycles. The number of anilines is 1. The van der Waals surface area contributed by atoms with Crippen molar-refractivity contribution in [2.24, 2.45) is 0 Å². The predicted molar refractivity (Wildman–Crippen MR) is 87.0 cm³/mol. The summed E-state index contributed by atoms with van der Waals surface area (Å²) in [6.45, 7) is 0.452. The van der Waals surface area contributed by atoms with Gasteiger partial charge in [0, 0.05) is 23.1 Å². The maximum Gasteiger partial charge on any atom is 0.321 e. The molecular weight excluding hydrogens is 308 g/mol.